The average molecular weight is 203 g/mol. The third-order valence-electron chi connectivity index (χ3n) is 1.46. The Morgan fingerprint density at radius 3 is 2.69 bits per heavy atom. The van der Waals surface area contributed by atoms with Gasteiger partial charge in [-0.15, -0.1) is 0 Å². The molecule has 1 aromatic rings. The van der Waals surface area contributed by atoms with E-state index in [4.69, 9.17) is 11.6 Å². The van der Waals surface area contributed by atoms with Crippen molar-refractivity contribution in [1.29, 1.82) is 0 Å². The molecule has 0 aliphatic rings. The Hall–Kier alpha value is -1.36. The van der Waals surface area contributed by atoms with Crippen molar-refractivity contribution in [3.8, 4) is 0 Å². The van der Waals surface area contributed by atoms with E-state index in [1.165, 1.54) is 7.11 Å². The molecule has 0 amide bonds. The number of aromatic amines is 1. The topological polar surface area (TPSA) is 72.0 Å². The largest absolute Gasteiger partial charge is 0.465 e. The highest BCUT2D eigenvalue weighted by Crippen LogP contribution is 2.13. The van der Waals surface area contributed by atoms with E-state index in [1.807, 2.05) is 0 Å². The third kappa shape index (κ3) is 1.86. The van der Waals surface area contributed by atoms with E-state index in [-0.39, 0.29) is 10.7 Å². The third-order valence-corrected chi connectivity index (χ3v) is 1.74. The van der Waals surface area contributed by atoms with Crippen molar-refractivity contribution in [2.45, 2.75) is 6.92 Å². The quantitative estimate of drug-likeness (QED) is 0.532. The molecule has 5 nitrogen and oxygen atoms in total. The lowest BCUT2D eigenvalue weighted by Gasteiger charge is -2.03. The predicted octanol–water partition coefficient (Wildman–Crippen LogP) is 0.518. The van der Waals surface area contributed by atoms with Crippen molar-refractivity contribution in [2.75, 3.05) is 7.11 Å². The van der Waals surface area contributed by atoms with Gasteiger partial charge in [0.1, 0.15) is 5.56 Å². The molecule has 0 aromatic carbocycles. The van der Waals surface area contributed by atoms with E-state index >= 15 is 0 Å². The number of methoxy groups -OCH3 is 1. The zero-order valence-electron chi connectivity index (χ0n) is 7.05. The predicted molar refractivity (Wildman–Crippen MR) is 45.9 cm³/mol. The van der Waals surface area contributed by atoms with Crippen molar-refractivity contribution < 1.29 is 9.53 Å². The highest BCUT2D eigenvalue weighted by atomic mass is 35.5. The summed E-state index contributed by atoms with van der Waals surface area (Å²) in [5.41, 5.74) is -0.157. The lowest BCUT2D eigenvalue weighted by atomic mass is 10.2. The van der Waals surface area contributed by atoms with E-state index in [2.05, 4.69) is 14.7 Å². The fourth-order valence-electron chi connectivity index (χ4n) is 0.890. The molecule has 0 unspecified atom stereocenters. The fourth-order valence-corrected chi connectivity index (χ4v) is 1.19. The van der Waals surface area contributed by atoms with E-state index in [0.717, 1.165) is 0 Å². The zero-order chi connectivity index (χ0) is 10.0. The number of carbonyl (C=O) groups excluding carboxylic acids is 1. The number of halogens is 1. The molecule has 0 bridgehead atoms. The van der Waals surface area contributed by atoms with Crippen molar-refractivity contribution in [3.05, 3.63) is 26.9 Å². The first-order valence-corrected chi connectivity index (χ1v) is 3.78. The zero-order valence-corrected chi connectivity index (χ0v) is 7.81. The first-order valence-electron chi connectivity index (χ1n) is 3.41. The summed E-state index contributed by atoms with van der Waals surface area (Å²) in [7, 11) is 1.23. The van der Waals surface area contributed by atoms with Gasteiger partial charge < -0.3 is 9.72 Å². The highest BCUT2D eigenvalue weighted by molar-refractivity contribution is 6.32. The number of aryl methyl sites for hydroxylation is 1. The van der Waals surface area contributed by atoms with Crippen LogP contribution in [0.5, 0.6) is 0 Å². The Balaban J connectivity index is 3.37. The SMILES string of the molecule is COC(=O)c1c(Cl)nc(=O)[nH]c1C. The van der Waals surface area contributed by atoms with Crippen molar-refractivity contribution in [2.24, 2.45) is 0 Å². The highest BCUT2D eigenvalue weighted by Gasteiger charge is 2.15. The van der Waals surface area contributed by atoms with Crippen LogP contribution in [0.4, 0.5) is 0 Å². The monoisotopic (exact) mass is 202 g/mol. The molecule has 1 aromatic heterocycles. The molecule has 0 spiro atoms. The normalized spacial score (nSPS) is 9.77. The van der Waals surface area contributed by atoms with E-state index in [9.17, 15) is 9.59 Å². The van der Waals surface area contributed by atoms with Crippen LogP contribution >= 0.6 is 11.6 Å². The Morgan fingerprint density at radius 2 is 2.23 bits per heavy atom. The van der Waals surface area contributed by atoms with Gasteiger partial charge in [-0.05, 0) is 6.92 Å². The molecule has 0 saturated carbocycles. The van der Waals surface area contributed by atoms with Gasteiger partial charge in [-0.25, -0.2) is 9.59 Å². The standard InChI is InChI=1S/C7H7ClN2O3/c1-3-4(6(11)13-2)5(8)10-7(12)9-3/h1-2H3,(H,9,10,12). The second kappa shape index (κ2) is 3.57. The van der Waals surface area contributed by atoms with Crippen molar-refractivity contribution in [1.82, 2.24) is 9.97 Å². The maximum Gasteiger partial charge on any atom is 0.346 e. The Labute approximate surface area is 78.7 Å². The summed E-state index contributed by atoms with van der Waals surface area (Å²) in [6.07, 6.45) is 0. The number of nitrogens with one attached hydrogen (secondary N) is 1. The number of rotatable bonds is 1. The van der Waals surface area contributed by atoms with E-state index < -0.39 is 11.7 Å². The number of nitrogens with zero attached hydrogens (tertiary/aromatic N) is 1. The van der Waals surface area contributed by atoms with Gasteiger partial charge in [-0.1, -0.05) is 11.6 Å². The molecule has 0 atom stereocenters. The van der Waals surface area contributed by atoms with Crippen LogP contribution in [-0.2, 0) is 4.74 Å². The van der Waals surface area contributed by atoms with Crippen molar-refractivity contribution in [3.63, 3.8) is 0 Å². The molecule has 1 heterocycles. The molecule has 6 heteroatoms. The number of esters is 1. The maximum atomic E-state index is 11.1. The Morgan fingerprint density at radius 1 is 1.62 bits per heavy atom. The number of hydrogen-bond acceptors (Lipinski definition) is 4. The number of aromatic nitrogens is 2. The lowest BCUT2D eigenvalue weighted by molar-refractivity contribution is 0.0599. The van der Waals surface area contributed by atoms with Gasteiger partial charge in [0.05, 0.1) is 7.11 Å². The summed E-state index contributed by atoms with van der Waals surface area (Å²) in [5.74, 6) is -0.619. The van der Waals surface area contributed by atoms with Gasteiger partial charge in [0, 0.05) is 5.69 Å². The summed E-state index contributed by atoms with van der Waals surface area (Å²) in [5, 5.41) is -0.145. The van der Waals surface area contributed by atoms with Crippen LogP contribution in [0.1, 0.15) is 16.1 Å². The smallest absolute Gasteiger partial charge is 0.346 e. The molecule has 0 aliphatic heterocycles. The maximum absolute atomic E-state index is 11.1. The number of H-pyrrole nitrogens is 1. The van der Waals surface area contributed by atoms with Gasteiger partial charge in [0.15, 0.2) is 5.15 Å². The molecule has 13 heavy (non-hydrogen) atoms. The van der Waals surface area contributed by atoms with Crippen LogP contribution in [-0.4, -0.2) is 23.0 Å². The molecule has 0 fully saturated rings. The van der Waals surface area contributed by atoms with Crippen LogP contribution in [0.2, 0.25) is 5.15 Å². The van der Waals surface area contributed by atoms with Gasteiger partial charge in [-0.3, -0.25) is 0 Å². The molecule has 1 rings (SSSR count). The van der Waals surface area contributed by atoms with E-state index in [1.54, 1.807) is 6.92 Å². The molecule has 0 radical (unpaired) electrons. The van der Waals surface area contributed by atoms with Gasteiger partial charge in [-0.2, -0.15) is 4.98 Å². The molecule has 0 saturated heterocycles. The first kappa shape index (κ1) is 9.73. The minimum absolute atomic E-state index is 0.0868. The second-order valence-electron chi connectivity index (χ2n) is 2.32. The van der Waals surface area contributed by atoms with Crippen LogP contribution < -0.4 is 5.69 Å². The van der Waals surface area contributed by atoms with Gasteiger partial charge >= 0.3 is 11.7 Å². The van der Waals surface area contributed by atoms with Crippen LogP contribution in [0, 0.1) is 6.92 Å². The minimum Gasteiger partial charge on any atom is -0.465 e. The van der Waals surface area contributed by atoms with Crippen LogP contribution in [0.25, 0.3) is 0 Å². The Bertz CT molecular complexity index is 373. The molecular formula is C7H7ClN2O3. The Kier molecular flexibility index (Phi) is 2.67. The summed E-state index contributed by atoms with van der Waals surface area (Å²) >= 11 is 5.58. The van der Waals surface area contributed by atoms with Crippen LogP contribution in [0.3, 0.4) is 0 Å². The summed E-state index contributed by atoms with van der Waals surface area (Å²) in [4.78, 5) is 27.6. The van der Waals surface area contributed by atoms with Gasteiger partial charge in [0.25, 0.3) is 0 Å². The minimum atomic E-state index is -0.619. The number of carbonyl (C=O) groups is 1. The summed E-state index contributed by atoms with van der Waals surface area (Å²) in [6.45, 7) is 1.54. The lowest BCUT2D eigenvalue weighted by Crippen LogP contribution is -2.17. The molecular weight excluding hydrogens is 196 g/mol. The second-order valence-corrected chi connectivity index (χ2v) is 2.68. The van der Waals surface area contributed by atoms with Crippen molar-refractivity contribution >= 4 is 17.6 Å². The molecule has 70 valence electrons. The summed E-state index contributed by atoms with van der Waals surface area (Å²) < 4.78 is 4.45. The molecule has 0 aliphatic carbocycles. The van der Waals surface area contributed by atoms with Crippen LogP contribution in [0.15, 0.2) is 4.79 Å². The first-order chi connectivity index (χ1) is 6.06. The van der Waals surface area contributed by atoms with Gasteiger partial charge in [0.2, 0.25) is 0 Å². The fraction of sp³-hybridized carbons (Fsp3) is 0.286. The summed E-state index contributed by atoms with van der Waals surface area (Å²) in [6, 6.07) is 0. The van der Waals surface area contributed by atoms with E-state index in [0.29, 0.717) is 5.69 Å². The number of hydrogen-bond donors (Lipinski definition) is 1. The average Bonchev–Trinajstić information content (AvgIpc) is 2.02. The molecule has 1 N–H and O–H groups in total. The number of ether oxygens (including phenoxy) is 1.